The van der Waals surface area contributed by atoms with Crippen LogP contribution in [-0.2, 0) is 13.3 Å². The first-order chi connectivity index (χ1) is 15.2. The van der Waals surface area contributed by atoms with Crippen molar-refractivity contribution in [2.24, 2.45) is 0 Å². The van der Waals surface area contributed by atoms with Crippen LogP contribution in [0, 0.1) is 5.82 Å². The SMILES string of the molecule is CN(CCn1cccn1)c1cc2c3cc(F)ccc3n(CO)c2cc1-c1ccccc1. The lowest BCUT2D eigenvalue weighted by molar-refractivity contribution is 0.220. The third-order valence-electron chi connectivity index (χ3n) is 5.81. The number of likely N-dealkylation sites (N-methyl/N-ethyl adjacent to an activating group) is 1. The number of rotatable bonds is 6. The maximum Gasteiger partial charge on any atom is 0.123 e. The minimum Gasteiger partial charge on any atom is -0.376 e. The maximum absolute atomic E-state index is 14.1. The van der Waals surface area contributed by atoms with Crippen molar-refractivity contribution in [1.82, 2.24) is 14.3 Å². The Morgan fingerprint density at radius 1 is 0.968 bits per heavy atom. The Balaban J connectivity index is 1.71. The number of aliphatic hydroxyl groups is 1. The molecule has 0 unspecified atom stereocenters. The third kappa shape index (κ3) is 3.45. The predicted octanol–water partition coefficient (Wildman–Crippen LogP) is 4.88. The van der Waals surface area contributed by atoms with Crippen molar-refractivity contribution in [2.45, 2.75) is 13.3 Å². The zero-order valence-electron chi connectivity index (χ0n) is 17.2. The molecule has 0 aliphatic rings. The fraction of sp³-hybridized carbons (Fsp3) is 0.160. The molecule has 0 aliphatic carbocycles. The summed E-state index contributed by atoms with van der Waals surface area (Å²) in [6.07, 6.45) is 3.73. The molecule has 31 heavy (non-hydrogen) atoms. The van der Waals surface area contributed by atoms with E-state index in [-0.39, 0.29) is 12.5 Å². The first kappa shape index (κ1) is 19.3. The van der Waals surface area contributed by atoms with Gasteiger partial charge < -0.3 is 14.6 Å². The zero-order valence-corrected chi connectivity index (χ0v) is 17.2. The Morgan fingerprint density at radius 2 is 1.77 bits per heavy atom. The number of benzene rings is 3. The van der Waals surface area contributed by atoms with Crippen molar-refractivity contribution in [3.8, 4) is 11.1 Å². The third-order valence-corrected chi connectivity index (χ3v) is 5.81. The molecule has 2 aromatic heterocycles. The molecule has 0 radical (unpaired) electrons. The molecule has 2 heterocycles. The minimum absolute atomic E-state index is 0.172. The van der Waals surface area contributed by atoms with Crippen molar-refractivity contribution in [2.75, 3.05) is 18.5 Å². The van der Waals surface area contributed by atoms with Gasteiger partial charge in [-0.1, -0.05) is 30.3 Å². The Bertz CT molecular complexity index is 1340. The van der Waals surface area contributed by atoms with Crippen molar-refractivity contribution in [3.63, 3.8) is 0 Å². The van der Waals surface area contributed by atoms with Gasteiger partial charge in [0, 0.05) is 48.0 Å². The van der Waals surface area contributed by atoms with Crippen LogP contribution in [0.25, 0.3) is 32.9 Å². The van der Waals surface area contributed by atoms with Crippen molar-refractivity contribution in [1.29, 1.82) is 0 Å². The van der Waals surface area contributed by atoms with E-state index in [0.717, 1.165) is 51.7 Å². The van der Waals surface area contributed by atoms with E-state index in [1.165, 1.54) is 6.07 Å². The van der Waals surface area contributed by atoms with Crippen molar-refractivity contribution >= 4 is 27.5 Å². The van der Waals surface area contributed by atoms with E-state index in [1.54, 1.807) is 18.3 Å². The highest BCUT2D eigenvalue weighted by molar-refractivity contribution is 6.11. The van der Waals surface area contributed by atoms with Gasteiger partial charge >= 0.3 is 0 Å². The lowest BCUT2D eigenvalue weighted by atomic mass is 10.00. The van der Waals surface area contributed by atoms with Gasteiger partial charge in [0.25, 0.3) is 0 Å². The largest absolute Gasteiger partial charge is 0.376 e. The molecule has 156 valence electrons. The van der Waals surface area contributed by atoms with Crippen LogP contribution in [0.5, 0.6) is 0 Å². The topological polar surface area (TPSA) is 46.2 Å². The number of aromatic nitrogens is 3. The molecule has 0 saturated heterocycles. The van der Waals surface area contributed by atoms with E-state index < -0.39 is 0 Å². The average molecular weight is 414 g/mol. The lowest BCUT2D eigenvalue weighted by Crippen LogP contribution is -2.23. The standard InChI is InChI=1S/C25H23FN4O/c1-28(12-13-29-11-5-10-27-29)24-16-22-21-14-19(26)8-9-23(21)30(17-31)25(22)15-20(24)18-6-3-2-4-7-18/h2-11,14-16,31H,12-13,17H2,1H3. The summed E-state index contributed by atoms with van der Waals surface area (Å²) in [7, 11) is 2.06. The van der Waals surface area contributed by atoms with Gasteiger partial charge in [-0.15, -0.1) is 0 Å². The second-order valence-corrected chi connectivity index (χ2v) is 7.67. The van der Waals surface area contributed by atoms with Crippen LogP contribution in [0.4, 0.5) is 10.1 Å². The van der Waals surface area contributed by atoms with Crippen LogP contribution in [0.3, 0.4) is 0 Å². The Labute approximate surface area is 179 Å². The fourth-order valence-corrected chi connectivity index (χ4v) is 4.23. The van der Waals surface area contributed by atoms with E-state index in [2.05, 4.69) is 41.3 Å². The smallest absolute Gasteiger partial charge is 0.123 e. The van der Waals surface area contributed by atoms with Gasteiger partial charge in [-0.05, 0) is 42.0 Å². The van der Waals surface area contributed by atoms with Gasteiger partial charge in [-0.3, -0.25) is 4.68 Å². The molecule has 0 amide bonds. The van der Waals surface area contributed by atoms with E-state index in [1.807, 2.05) is 39.7 Å². The van der Waals surface area contributed by atoms with Crippen LogP contribution in [0.1, 0.15) is 0 Å². The van der Waals surface area contributed by atoms with E-state index >= 15 is 0 Å². The predicted molar refractivity (Wildman–Crippen MR) is 123 cm³/mol. The molecule has 1 N–H and O–H groups in total. The Hall–Kier alpha value is -3.64. The highest BCUT2D eigenvalue weighted by atomic mass is 19.1. The molecule has 5 rings (SSSR count). The number of anilines is 1. The van der Waals surface area contributed by atoms with Gasteiger partial charge in [0.05, 0.1) is 17.6 Å². The highest BCUT2D eigenvalue weighted by Crippen LogP contribution is 2.39. The number of halogens is 1. The molecular formula is C25H23FN4O. The molecule has 6 heteroatoms. The number of hydrogen-bond acceptors (Lipinski definition) is 3. The minimum atomic E-state index is -0.287. The fourth-order valence-electron chi connectivity index (χ4n) is 4.23. The molecule has 0 saturated carbocycles. The Morgan fingerprint density at radius 3 is 2.52 bits per heavy atom. The summed E-state index contributed by atoms with van der Waals surface area (Å²) >= 11 is 0. The molecular weight excluding hydrogens is 391 g/mol. The summed E-state index contributed by atoms with van der Waals surface area (Å²) in [6.45, 7) is 1.34. The lowest BCUT2D eigenvalue weighted by Gasteiger charge is -2.23. The Kier molecular flexibility index (Phi) is 4.92. The van der Waals surface area contributed by atoms with E-state index in [0.29, 0.717) is 0 Å². The molecule has 5 nitrogen and oxygen atoms in total. The van der Waals surface area contributed by atoms with Crippen LogP contribution >= 0.6 is 0 Å². The molecule has 0 bridgehead atoms. The van der Waals surface area contributed by atoms with Gasteiger partial charge in [0.1, 0.15) is 12.5 Å². The number of hydrogen-bond donors (Lipinski definition) is 1. The maximum atomic E-state index is 14.1. The normalized spacial score (nSPS) is 11.5. The van der Waals surface area contributed by atoms with Crippen LogP contribution in [-0.4, -0.2) is 33.0 Å². The van der Waals surface area contributed by atoms with Gasteiger partial charge in [-0.2, -0.15) is 5.10 Å². The summed E-state index contributed by atoms with van der Waals surface area (Å²) in [5, 5.41) is 16.1. The molecule has 0 aliphatic heterocycles. The average Bonchev–Trinajstić information content (AvgIpc) is 3.42. The summed E-state index contributed by atoms with van der Waals surface area (Å²) < 4.78 is 17.8. The molecule has 0 atom stereocenters. The van der Waals surface area contributed by atoms with Gasteiger partial charge in [0.15, 0.2) is 0 Å². The first-order valence-corrected chi connectivity index (χ1v) is 10.3. The quantitative estimate of drug-likeness (QED) is 0.431. The van der Waals surface area contributed by atoms with Crippen molar-refractivity contribution in [3.05, 3.63) is 84.9 Å². The molecule has 0 spiro atoms. The van der Waals surface area contributed by atoms with E-state index in [9.17, 15) is 9.50 Å². The molecule has 3 aromatic carbocycles. The van der Waals surface area contributed by atoms with Gasteiger partial charge in [0.2, 0.25) is 0 Å². The van der Waals surface area contributed by atoms with Gasteiger partial charge in [-0.25, -0.2) is 4.39 Å². The monoisotopic (exact) mass is 414 g/mol. The zero-order chi connectivity index (χ0) is 21.4. The summed E-state index contributed by atoms with van der Waals surface area (Å²) in [4.78, 5) is 2.20. The molecule has 5 aromatic rings. The van der Waals surface area contributed by atoms with Crippen molar-refractivity contribution < 1.29 is 9.50 Å². The van der Waals surface area contributed by atoms with Crippen LogP contribution < -0.4 is 4.90 Å². The highest BCUT2D eigenvalue weighted by Gasteiger charge is 2.17. The van der Waals surface area contributed by atoms with Crippen LogP contribution in [0.2, 0.25) is 0 Å². The van der Waals surface area contributed by atoms with E-state index in [4.69, 9.17) is 0 Å². The second-order valence-electron chi connectivity index (χ2n) is 7.67. The number of nitrogens with zero attached hydrogens (tertiary/aromatic N) is 4. The second kappa shape index (κ2) is 7.89. The first-order valence-electron chi connectivity index (χ1n) is 10.3. The number of fused-ring (bicyclic) bond motifs is 3. The van der Waals surface area contributed by atoms with Crippen LogP contribution in [0.15, 0.2) is 79.1 Å². The number of aliphatic hydroxyl groups excluding tert-OH is 1. The summed E-state index contributed by atoms with van der Waals surface area (Å²) in [5.74, 6) is -0.287. The summed E-state index contributed by atoms with van der Waals surface area (Å²) in [6, 6.07) is 21.0. The molecule has 0 fully saturated rings. The summed E-state index contributed by atoms with van der Waals surface area (Å²) in [5.41, 5.74) is 4.90.